The summed E-state index contributed by atoms with van der Waals surface area (Å²) in [7, 11) is 0. The third kappa shape index (κ3) is 2.80. The van der Waals surface area contributed by atoms with Gasteiger partial charge < -0.3 is 4.74 Å². The molecule has 0 aliphatic carbocycles. The summed E-state index contributed by atoms with van der Waals surface area (Å²) in [5.41, 5.74) is 2.82. The highest BCUT2D eigenvalue weighted by Gasteiger charge is 2.16. The van der Waals surface area contributed by atoms with Crippen LogP contribution in [0.15, 0.2) is 24.3 Å². The minimum Gasteiger partial charge on any atom is -0.376 e. The van der Waals surface area contributed by atoms with Crippen molar-refractivity contribution in [2.24, 2.45) is 0 Å². The van der Waals surface area contributed by atoms with Crippen molar-refractivity contribution in [1.82, 2.24) is 4.90 Å². The highest BCUT2D eigenvalue weighted by Crippen LogP contribution is 2.13. The zero-order chi connectivity index (χ0) is 10.7. The summed E-state index contributed by atoms with van der Waals surface area (Å²) in [4.78, 5) is 2.47. The molecule has 82 valence electrons. The van der Waals surface area contributed by atoms with Crippen molar-refractivity contribution in [2.45, 2.75) is 26.5 Å². The lowest BCUT2D eigenvalue weighted by Gasteiger charge is -2.31. The number of hydrogen-bond donors (Lipinski definition) is 0. The second-order valence-electron chi connectivity index (χ2n) is 4.34. The molecule has 2 heteroatoms. The normalized spacial score (nSPS) is 22.9. The summed E-state index contributed by atoms with van der Waals surface area (Å²) in [6, 6.07) is 8.61. The van der Waals surface area contributed by atoms with Crippen LogP contribution in [0, 0.1) is 6.92 Å². The molecular weight excluding hydrogens is 186 g/mol. The van der Waals surface area contributed by atoms with E-state index in [1.165, 1.54) is 11.1 Å². The number of nitrogens with zero attached hydrogens (tertiary/aromatic N) is 1. The fourth-order valence-corrected chi connectivity index (χ4v) is 2.06. The standard InChI is InChI=1S/C13H19NO/c1-11-5-3-4-6-13(11)10-14-7-8-15-12(2)9-14/h3-6,12H,7-10H2,1-2H3. The molecule has 0 saturated carbocycles. The average Bonchev–Trinajstić information content (AvgIpc) is 2.22. The van der Waals surface area contributed by atoms with E-state index in [0.717, 1.165) is 26.2 Å². The molecule has 1 aliphatic rings. The minimum atomic E-state index is 0.378. The van der Waals surface area contributed by atoms with E-state index in [-0.39, 0.29) is 0 Å². The van der Waals surface area contributed by atoms with E-state index in [1.54, 1.807) is 0 Å². The SMILES string of the molecule is Cc1ccccc1CN1CCOC(C)C1. The summed E-state index contributed by atoms with van der Waals surface area (Å²) in [5, 5.41) is 0. The fraction of sp³-hybridized carbons (Fsp3) is 0.538. The first kappa shape index (κ1) is 10.7. The van der Waals surface area contributed by atoms with Gasteiger partial charge in [-0.25, -0.2) is 0 Å². The van der Waals surface area contributed by atoms with Gasteiger partial charge in [-0.3, -0.25) is 4.90 Å². The number of aryl methyl sites for hydroxylation is 1. The molecule has 0 radical (unpaired) electrons. The van der Waals surface area contributed by atoms with E-state index in [9.17, 15) is 0 Å². The Kier molecular flexibility index (Phi) is 3.39. The van der Waals surface area contributed by atoms with Gasteiger partial charge in [0.2, 0.25) is 0 Å². The number of rotatable bonds is 2. The molecule has 1 fully saturated rings. The number of morpholine rings is 1. The van der Waals surface area contributed by atoms with E-state index >= 15 is 0 Å². The van der Waals surface area contributed by atoms with Crippen LogP contribution >= 0.6 is 0 Å². The Bertz CT molecular complexity index is 324. The second-order valence-corrected chi connectivity index (χ2v) is 4.34. The predicted octanol–water partition coefficient (Wildman–Crippen LogP) is 2.22. The third-order valence-electron chi connectivity index (χ3n) is 2.98. The Balaban J connectivity index is 1.99. The summed E-state index contributed by atoms with van der Waals surface area (Å²) in [6.07, 6.45) is 0.378. The Morgan fingerprint density at radius 3 is 2.93 bits per heavy atom. The van der Waals surface area contributed by atoms with Gasteiger partial charge in [0.25, 0.3) is 0 Å². The first-order valence-electron chi connectivity index (χ1n) is 5.64. The quantitative estimate of drug-likeness (QED) is 0.734. The molecule has 0 aromatic heterocycles. The molecule has 1 aromatic carbocycles. The molecule has 0 bridgehead atoms. The maximum atomic E-state index is 5.53. The number of hydrogen-bond acceptors (Lipinski definition) is 2. The van der Waals surface area contributed by atoms with Crippen molar-refractivity contribution in [3.63, 3.8) is 0 Å². The van der Waals surface area contributed by atoms with Gasteiger partial charge >= 0.3 is 0 Å². The zero-order valence-electron chi connectivity index (χ0n) is 9.57. The highest BCUT2D eigenvalue weighted by molar-refractivity contribution is 5.25. The highest BCUT2D eigenvalue weighted by atomic mass is 16.5. The maximum absolute atomic E-state index is 5.53. The van der Waals surface area contributed by atoms with Crippen LogP contribution in [0.5, 0.6) is 0 Å². The van der Waals surface area contributed by atoms with Crippen molar-refractivity contribution in [2.75, 3.05) is 19.7 Å². The molecule has 0 N–H and O–H groups in total. The van der Waals surface area contributed by atoms with Crippen LogP contribution in [-0.2, 0) is 11.3 Å². The van der Waals surface area contributed by atoms with Crippen LogP contribution in [0.4, 0.5) is 0 Å². The molecule has 0 spiro atoms. The Morgan fingerprint density at radius 2 is 2.20 bits per heavy atom. The van der Waals surface area contributed by atoms with Gasteiger partial charge in [0.15, 0.2) is 0 Å². The van der Waals surface area contributed by atoms with Gasteiger partial charge in [-0.1, -0.05) is 24.3 Å². The van der Waals surface area contributed by atoms with Crippen LogP contribution < -0.4 is 0 Å². The monoisotopic (exact) mass is 205 g/mol. The summed E-state index contributed by atoms with van der Waals surface area (Å²) in [6.45, 7) is 8.35. The molecule has 2 rings (SSSR count). The summed E-state index contributed by atoms with van der Waals surface area (Å²) in [5.74, 6) is 0. The second kappa shape index (κ2) is 4.77. The molecule has 1 aromatic rings. The smallest absolute Gasteiger partial charge is 0.0674 e. The molecular formula is C13H19NO. The lowest BCUT2D eigenvalue weighted by molar-refractivity contribution is -0.0212. The van der Waals surface area contributed by atoms with Crippen LogP contribution in [0.1, 0.15) is 18.1 Å². The van der Waals surface area contributed by atoms with Gasteiger partial charge in [-0.2, -0.15) is 0 Å². The average molecular weight is 205 g/mol. The molecule has 15 heavy (non-hydrogen) atoms. The van der Waals surface area contributed by atoms with Crippen molar-refractivity contribution in [3.8, 4) is 0 Å². The first-order chi connectivity index (χ1) is 7.25. The van der Waals surface area contributed by atoms with E-state index in [2.05, 4.69) is 43.0 Å². The topological polar surface area (TPSA) is 12.5 Å². The molecule has 1 unspecified atom stereocenters. The van der Waals surface area contributed by atoms with Gasteiger partial charge in [0, 0.05) is 19.6 Å². The van der Waals surface area contributed by atoms with Crippen LogP contribution in [0.3, 0.4) is 0 Å². The Labute approximate surface area is 91.9 Å². The predicted molar refractivity (Wildman–Crippen MR) is 61.9 cm³/mol. The lowest BCUT2D eigenvalue weighted by atomic mass is 10.1. The first-order valence-corrected chi connectivity index (χ1v) is 5.64. The van der Waals surface area contributed by atoms with E-state index in [1.807, 2.05) is 0 Å². The van der Waals surface area contributed by atoms with E-state index < -0.39 is 0 Å². The van der Waals surface area contributed by atoms with Gasteiger partial charge in [-0.05, 0) is 25.0 Å². The van der Waals surface area contributed by atoms with Crippen molar-refractivity contribution >= 4 is 0 Å². The Hall–Kier alpha value is -0.860. The molecule has 1 heterocycles. The van der Waals surface area contributed by atoms with Crippen LogP contribution in [0.2, 0.25) is 0 Å². The Morgan fingerprint density at radius 1 is 1.40 bits per heavy atom. The number of ether oxygens (including phenoxy) is 1. The summed E-state index contributed by atoms with van der Waals surface area (Å²) >= 11 is 0. The third-order valence-corrected chi connectivity index (χ3v) is 2.98. The summed E-state index contributed by atoms with van der Waals surface area (Å²) < 4.78 is 5.53. The van der Waals surface area contributed by atoms with Gasteiger partial charge in [-0.15, -0.1) is 0 Å². The van der Waals surface area contributed by atoms with Crippen molar-refractivity contribution in [3.05, 3.63) is 35.4 Å². The van der Waals surface area contributed by atoms with Crippen molar-refractivity contribution in [1.29, 1.82) is 0 Å². The number of benzene rings is 1. The van der Waals surface area contributed by atoms with Gasteiger partial charge in [0.1, 0.15) is 0 Å². The fourth-order valence-electron chi connectivity index (χ4n) is 2.06. The van der Waals surface area contributed by atoms with Crippen LogP contribution in [0.25, 0.3) is 0 Å². The minimum absolute atomic E-state index is 0.378. The van der Waals surface area contributed by atoms with E-state index in [4.69, 9.17) is 4.74 Å². The zero-order valence-corrected chi connectivity index (χ0v) is 9.57. The molecule has 1 aliphatic heterocycles. The lowest BCUT2D eigenvalue weighted by Crippen LogP contribution is -2.40. The van der Waals surface area contributed by atoms with E-state index in [0.29, 0.717) is 6.10 Å². The molecule has 2 nitrogen and oxygen atoms in total. The molecule has 1 atom stereocenters. The molecule has 0 amide bonds. The largest absolute Gasteiger partial charge is 0.376 e. The van der Waals surface area contributed by atoms with Crippen molar-refractivity contribution < 1.29 is 4.74 Å². The molecule has 1 saturated heterocycles. The maximum Gasteiger partial charge on any atom is 0.0674 e. The van der Waals surface area contributed by atoms with Crippen LogP contribution in [-0.4, -0.2) is 30.7 Å². The van der Waals surface area contributed by atoms with Gasteiger partial charge in [0.05, 0.1) is 12.7 Å².